The number of para-hydroxylation sites is 1. The standard InChI is InChI=1S/C16H15FN4/c17-12-5-6-14(18)13(8-12)16(21-19)11-7-10-3-1-2-4-15(10)20-9-11/h1-9,16,21H,18-19H2. The van der Waals surface area contributed by atoms with Crippen LogP contribution in [0.4, 0.5) is 10.1 Å². The molecular formula is C16H15FN4. The van der Waals surface area contributed by atoms with Crippen molar-refractivity contribution in [3.05, 3.63) is 71.7 Å². The average Bonchev–Trinajstić information content (AvgIpc) is 2.51. The summed E-state index contributed by atoms with van der Waals surface area (Å²) < 4.78 is 13.5. The zero-order valence-corrected chi connectivity index (χ0v) is 11.3. The molecule has 106 valence electrons. The smallest absolute Gasteiger partial charge is 0.123 e. The van der Waals surface area contributed by atoms with Crippen LogP contribution in [0, 0.1) is 5.82 Å². The Labute approximate surface area is 121 Å². The van der Waals surface area contributed by atoms with Gasteiger partial charge in [-0.2, -0.15) is 0 Å². The van der Waals surface area contributed by atoms with Crippen molar-refractivity contribution in [2.75, 3.05) is 5.73 Å². The molecule has 0 aliphatic rings. The van der Waals surface area contributed by atoms with Crippen molar-refractivity contribution in [1.29, 1.82) is 0 Å². The van der Waals surface area contributed by atoms with E-state index in [-0.39, 0.29) is 5.82 Å². The van der Waals surface area contributed by atoms with Crippen LogP contribution < -0.4 is 17.0 Å². The molecule has 3 rings (SSSR count). The van der Waals surface area contributed by atoms with Crippen molar-refractivity contribution >= 4 is 16.6 Å². The van der Waals surface area contributed by atoms with Crippen molar-refractivity contribution in [3.63, 3.8) is 0 Å². The van der Waals surface area contributed by atoms with E-state index in [4.69, 9.17) is 11.6 Å². The summed E-state index contributed by atoms with van der Waals surface area (Å²) in [6, 6.07) is 13.6. The summed E-state index contributed by atoms with van der Waals surface area (Å²) >= 11 is 0. The second-order valence-corrected chi connectivity index (χ2v) is 4.83. The fraction of sp³-hybridized carbons (Fsp3) is 0.0625. The summed E-state index contributed by atoms with van der Waals surface area (Å²) in [5.41, 5.74) is 11.4. The van der Waals surface area contributed by atoms with Gasteiger partial charge in [0.1, 0.15) is 5.82 Å². The summed E-state index contributed by atoms with van der Waals surface area (Å²) in [7, 11) is 0. The van der Waals surface area contributed by atoms with Crippen molar-refractivity contribution < 1.29 is 4.39 Å². The van der Waals surface area contributed by atoms with Gasteiger partial charge < -0.3 is 5.73 Å². The third-order valence-electron chi connectivity index (χ3n) is 3.47. The van der Waals surface area contributed by atoms with Crippen molar-refractivity contribution in [2.45, 2.75) is 6.04 Å². The first kappa shape index (κ1) is 13.5. The zero-order valence-electron chi connectivity index (χ0n) is 11.3. The fourth-order valence-corrected chi connectivity index (χ4v) is 2.41. The molecule has 2 aromatic carbocycles. The molecule has 0 saturated heterocycles. The van der Waals surface area contributed by atoms with E-state index >= 15 is 0 Å². The molecule has 1 atom stereocenters. The lowest BCUT2D eigenvalue weighted by molar-refractivity contribution is 0.606. The molecule has 0 radical (unpaired) electrons. The SMILES string of the molecule is NNC(c1cnc2ccccc2c1)c1cc(F)ccc1N. The number of halogens is 1. The molecule has 0 spiro atoms. The predicted molar refractivity (Wildman–Crippen MR) is 81.7 cm³/mol. The van der Waals surface area contributed by atoms with Crippen LogP contribution in [0.2, 0.25) is 0 Å². The number of aromatic nitrogens is 1. The van der Waals surface area contributed by atoms with Gasteiger partial charge in [-0.05, 0) is 35.9 Å². The van der Waals surface area contributed by atoms with Crippen LogP contribution in [-0.2, 0) is 0 Å². The minimum atomic E-state index is -0.419. The Morgan fingerprint density at radius 3 is 2.71 bits per heavy atom. The monoisotopic (exact) mass is 282 g/mol. The highest BCUT2D eigenvalue weighted by Gasteiger charge is 2.17. The minimum absolute atomic E-state index is 0.354. The highest BCUT2D eigenvalue weighted by atomic mass is 19.1. The lowest BCUT2D eigenvalue weighted by Gasteiger charge is -2.19. The van der Waals surface area contributed by atoms with Crippen LogP contribution in [-0.4, -0.2) is 4.98 Å². The minimum Gasteiger partial charge on any atom is -0.398 e. The van der Waals surface area contributed by atoms with Crippen LogP contribution in [0.1, 0.15) is 17.2 Å². The van der Waals surface area contributed by atoms with Gasteiger partial charge in [-0.3, -0.25) is 10.8 Å². The molecule has 5 heteroatoms. The van der Waals surface area contributed by atoms with E-state index in [0.29, 0.717) is 11.3 Å². The third kappa shape index (κ3) is 2.56. The second-order valence-electron chi connectivity index (χ2n) is 4.83. The quantitative estimate of drug-likeness (QED) is 0.392. The average molecular weight is 282 g/mol. The van der Waals surface area contributed by atoms with Gasteiger partial charge in [-0.1, -0.05) is 18.2 Å². The molecule has 4 nitrogen and oxygen atoms in total. The van der Waals surface area contributed by atoms with Crippen molar-refractivity contribution in [2.24, 2.45) is 5.84 Å². The molecule has 5 N–H and O–H groups in total. The second kappa shape index (κ2) is 5.47. The van der Waals surface area contributed by atoms with Gasteiger partial charge in [0.15, 0.2) is 0 Å². The third-order valence-corrected chi connectivity index (χ3v) is 3.47. The number of rotatable bonds is 3. The number of anilines is 1. The predicted octanol–water partition coefficient (Wildman–Crippen LogP) is 2.51. The number of hydrogen-bond acceptors (Lipinski definition) is 4. The molecule has 0 amide bonds. The number of pyridine rings is 1. The maximum atomic E-state index is 13.5. The van der Waals surface area contributed by atoms with E-state index in [0.717, 1.165) is 16.5 Å². The lowest BCUT2D eigenvalue weighted by atomic mass is 9.98. The molecule has 0 fully saturated rings. The van der Waals surface area contributed by atoms with Gasteiger partial charge in [0.05, 0.1) is 11.6 Å². The molecule has 0 aliphatic heterocycles. The maximum Gasteiger partial charge on any atom is 0.123 e. The zero-order chi connectivity index (χ0) is 14.8. The summed E-state index contributed by atoms with van der Waals surface area (Å²) in [6.07, 6.45) is 1.72. The lowest BCUT2D eigenvalue weighted by Crippen LogP contribution is -2.29. The van der Waals surface area contributed by atoms with E-state index in [1.165, 1.54) is 18.2 Å². The summed E-state index contributed by atoms with van der Waals surface area (Å²) in [6.45, 7) is 0. The van der Waals surface area contributed by atoms with E-state index in [2.05, 4.69) is 10.4 Å². The van der Waals surface area contributed by atoms with Gasteiger partial charge in [-0.25, -0.2) is 9.82 Å². The first-order valence-corrected chi connectivity index (χ1v) is 6.55. The maximum absolute atomic E-state index is 13.5. The Bertz CT molecular complexity index is 788. The normalized spacial score (nSPS) is 12.5. The van der Waals surface area contributed by atoms with E-state index in [1.54, 1.807) is 6.20 Å². The summed E-state index contributed by atoms with van der Waals surface area (Å²) in [5, 5.41) is 0.991. The number of nitrogens with one attached hydrogen (secondary N) is 1. The highest BCUT2D eigenvalue weighted by Crippen LogP contribution is 2.28. The van der Waals surface area contributed by atoms with Gasteiger partial charge in [0.2, 0.25) is 0 Å². The Kier molecular flexibility index (Phi) is 3.51. The van der Waals surface area contributed by atoms with Crippen molar-refractivity contribution in [1.82, 2.24) is 10.4 Å². The molecule has 3 aromatic rings. The van der Waals surface area contributed by atoms with Crippen LogP contribution in [0.5, 0.6) is 0 Å². The fourth-order valence-electron chi connectivity index (χ4n) is 2.41. The molecule has 0 bridgehead atoms. The van der Waals surface area contributed by atoms with Gasteiger partial charge in [0.25, 0.3) is 0 Å². The number of nitrogen functional groups attached to an aromatic ring is 1. The number of nitrogens with zero attached hydrogens (tertiary/aromatic N) is 1. The highest BCUT2D eigenvalue weighted by molar-refractivity contribution is 5.79. The van der Waals surface area contributed by atoms with Crippen LogP contribution in [0.15, 0.2) is 54.7 Å². The number of benzene rings is 2. The van der Waals surface area contributed by atoms with Crippen LogP contribution in [0.25, 0.3) is 10.9 Å². The number of hydrazine groups is 1. The van der Waals surface area contributed by atoms with Gasteiger partial charge in [0, 0.05) is 22.8 Å². The largest absolute Gasteiger partial charge is 0.398 e. The molecule has 1 heterocycles. The number of nitrogens with two attached hydrogens (primary N) is 2. The number of fused-ring (bicyclic) bond motifs is 1. The van der Waals surface area contributed by atoms with E-state index in [9.17, 15) is 4.39 Å². The van der Waals surface area contributed by atoms with Crippen LogP contribution in [0.3, 0.4) is 0 Å². The number of hydrogen-bond donors (Lipinski definition) is 3. The molecular weight excluding hydrogens is 267 g/mol. The van der Waals surface area contributed by atoms with E-state index < -0.39 is 6.04 Å². The van der Waals surface area contributed by atoms with Gasteiger partial charge >= 0.3 is 0 Å². The molecule has 1 unspecified atom stereocenters. The summed E-state index contributed by atoms with van der Waals surface area (Å²) in [4.78, 5) is 4.40. The first-order chi connectivity index (χ1) is 10.2. The van der Waals surface area contributed by atoms with Crippen LogP contribution >= 0.6 is 0 Å². The topological polar surface area (TPSA) is 77.0 Å². The Morgan fingerprint density at radius 2 is 1.90 bits per heavy atom. The van der Waals surface area contributed by atoms with E-state index in [1.807, 2.05) is 30.3 Å². The van der Waals surface area contributed by atoms with Crippen molar-refractivity contribution in [3.8, 4) is 0 Å². The van der Waals surface area contributed by atoms with Gasteiger partial charge in [-0.15, -0.1) is 0 Å². The molecule has 1 aromatic heterocycles. The molecule has 21 heavy (non-hydrogen) atoms. The first-order valence-electron chi connectivity index (χ1n) is 6.55. The molecule has 0 aliphatic carbocycles. The Hall–Kier alpha value is -2.50. The Morgan fingerprint density at radius 1 is 1.10 bits per heavy atom. The molecule has 0 saturated carbocycles. The Balaban J connectivity index is 2.11. The summed E-state index contributed by atoms with van der Waals surface area (Å²) in [5.74, 6) is 5.29.